The Balaban J connectivity index is 1.16. The summed E-state index contributed by atoms with van der Waals surface area (Å²) in [6.45, 7) is 3.46. The maximum atomic E-state index is 10.2. The highest BCUT2D eigenvalue weighted by atomic mass is 32.1. The number of nitrogens with zero attached hydrogens (tertiary/aromatic N) is 2. The summed E-state index contributed by atoms with van der Waals surface area (Å²) in [5.74, 6) is 0.816. The zero-order chi connectivity index (χ0) is 26.9. The van der Waals surface area contributed by atoms with Crippen molar-refractivity contribution in [3.8, 4) is 22.8 Å². The van der Waals surface area contributed by atoms with E-state index in [4.69, 9.17) is 9.72 Å². The second-order valence-electron chi connectivity index (χ2n) is 9.81. The van der Waals surface area contributed by atoms with Gasteiger partial charge in [0.1, 0.15) is 24.2 Å². The fourth-order valence-electron chi connectivity index (χ4n) is 4.78. The highest BCUT2D eigenvalue weighted by Crippen LogP contribution is 2.36. The second-order valence-corrected chi connectivity index (χ2v) is 10.6. The smallest absolute Gasteiger partial charge is 0.190 e. The first-order chi connectivity index (χ1) is 19.2. The van der Waals surface area contributed by atoms with Crippen LogP contribution in [0.1, 0.15) is 18.4 Å². The maximum Gasteiger partial charge on any atom is 0.190 e. The Hall–Kier alpha value is -3.43. The second kappa shape index (κ2) is 13.6. The van der Waals surface area contributed by atoms with Crippen molar-refractivity contribution in [3.05, 3.63) is 89.8 Å². The summed E-state index contributed by atoms with van der Waals surface area (Å²) in [5, 5.41) is 29.6. The maximum absolute atomic E-state index is 10.2. The van der Waals surface area contributed by atoms with Gasteiger partial charge in [-0.25, -0.2) is 4.98 Å². The number of thiazole rings is 1. The van der Waals surface area contributed by atoms with Crippen molar-refractivity contribution in [2.45, 2.75) is 31.4 Å². The van der Waals surface area contributed by atoms with Gasteiger partial charge in [0.25, 0.3) is 0 Å². The van der Waals surface area contributed by atoms with E-state index < -0.39 is 6.10 Å². The molecule has 3 aromatic carbocycles. The fourth-order valence-corrected chi connectivity index (χ4v) is 5.70. The van der Waals surface area contributed by atoms with E-state index in [9.17, 15) is 10.2 Å². The number of phenols is 1. The number of anilines is 2. The van der Waals surface area contributed by atoms with Crippen molar-refractivity contribution in [2.75, 3.05) is 37.7 Å². The van der Waals surface area contributed by atoms with Gasteiger partial charge in [0.2, 0.25) is 0 Å². The van der Waals surface area contributed by atoms with Crippen molar-refractivity contribution >= 4 is 22.2 Å². The first-order valence-corrected chi connectivity index (χ1v) is 14.4. The molecule has 0 unspecified atom stereocenters. The highest BCUT2D eigenvalue weighted by molar-refractivity contribution is 7.14. The molecule has 4 N–H and O–H groups in total. The lowest BCUT2D eigenvalue weighted by atomic mass is 10.0. The molecule has 1 aliphatic rings. The minimum absolute atomic E-state index is 0.192. The number of benzene rings is 3. The van der Waals surface area contributed by atoms with Crippen LogP contribution in [0.4, 0.5) is 10.8 Å². The number of rotatable bonds is 12. The molecule has 1 atom stereocenters. The zero-order valence-electron chi connectivity index (χ0n) is 22.0. The van der Waals surface area contributed by atoms with E-state index in [1.165, 1.54) is 11.3 Å². The average Bonchev–Trinajstić information content (AvgIpc) is 3.47. The summed E-state index contributed by atoms with van der Waals surface area (Å²) < 4.78 is 5.57. The lowest BCUT2D eigenvalue weighted by Crippen LogP contribution is -2.40. The third kappa shape index (κ3) is 7.58. The van der Waals surface area contributed by atoms with Gasteiger partial charge in [0, 0.05) is 29.2 Å². The van der Waals surface area contributed by atoms with Crippen LogP contribution in [0.5, 0.6) is 11.5 Å². The molecule has 2 heterocycles. The first kappa shape index (κ1) is 27.1. The zero-order valence-corrected chi connectivity index (χ0v) is 22.8. The number of ether oxygens (including phenoxy) is 1. The Morgan fingerprint density at radius 1 is 1.00 bits per heavy atom. The van der Waals surface area contributed by atoms with Gasteiger partial charge in [-0.1, -0.05) is 42.5 Å². The molecular weight excluding hydrogens is 508 g/mol. The summed E-state index contributed by atoms with van der Waals surface area (Å²) in [7, 11) is 0. The first-order valence-electron chi connectivity index (χ1n) is 13.6. The predicted octanol–water partition coefficient (Wildman–Crippen LogP) is 4.98. The number of hydrogen-bond donors (Lipinski definition) is 4. The molecule has 1 aliphatic heterocycles. The molecule has 0 radical (unpaired) electrons. The Bertz CT molecular complexity index is 1280. The molecule has 1 aromatic heterocycles. The number of piperidine rings is 1. The van der Waals surface area contributed by atoms with E-state index in [1.807, 2.05) is 6.07 Å². The molecule has 8 heteroatoms. The molecule has 39 heavy (non-hydrogen) atoms. The third-order valence-corrected chi connectivity index (χ3v) is 7.75. The van der Waals surface area contributed by atoms with Crippen LogP contribution in [-0.4, -0.2) is 60.1 Å². The van der Waals surface area contributed by atoms with Crippen LogP contribution in [0, 0.1) is 0 Å². The van der Waals surface area contributed by atoms with Crippen LogP contribution in [-0.2, 0) is 6.42 Å². The fraction of sp³-hybridized carbons (Fsp3) is 0.323. The molecule has 1 saturated heterocycles. The average molecular weight is 545 g/mol. The van der Waals surface area contributed by atoms with E-state index in [-0.39, 0.29) is 12.4 Å². The van der Waals surface area contributed by atoms with Crippen LogP contribution in [0.25, 0.3) is 11.3 Å². The van der Waals surface area contributed by atoms with Gasteiger partial charge in [0.05, 0.1) is 5.69 Å². The molecule has 5 rings (SSSR count). The number of aromatic nitrogens is 1. The van der Waals surface area contributed by atoms with Gasteiger partial charge in [-0.15, -0.1) is 11.3 Å². The summed E-state index contributed by atoms with van der Waals surface area (Å²) in [5.41, 5.74) is 4.59. The van der Waals surface area contributed by atoms with Crippen molar-refractivity contribution in [1.82, 2.24) is 15.6 Å². The van der Waals surface area contributed by atoms with Crippen molar-refractivity contribution in [3.63, 3.8) is 0 Å². The van der Waals surface area contributed by atoms with E-state index in [0.29, 0.717) is 18.3 Å². The summed E-state index contributed by atoms with van der Waals surface area (Å²) in [6.07, 6.45) is 2.43. The van der Waals surface area contributed by atoms with E-state index in [2.05, 4.69) is 69.4 Å². The topological polar surface area (TPSA) is 89.9 Å². The Morgan fingerprint density at radius 2 is 1.74 bits per heavy atom. The van der Waals surface area contributed by atoms with Crippen LogP contribution < -0.4 is 20.3 Å². The number of nitrogens with one attached hydrogen (secondary N) is 2. The van der Waals surface area contributed by atoms with Crippen LogP contribution in [0.3, 0.4) is 0 Å². The molecule has 0 bridgehead atoms. The number of aromatic hydroxyl groups is 1. The third-order valence-electron chi connectivity index (χ3n) is 6.91. The van der Waals surface area contributed by atoms with E-state index >= 15 is 0 Å². The molecule has 204 valence electrons. The largest absolute Gasteiger partial charge is 0.508 e. The van der Waals surface area contributed by atoms with Gasteiger partial charge in [-0.05, 0) is 80.9 Å². The van der Waals surface area contributed by atoms with Crippen LogP contribution in [0.15, 0.2) is 84.2 Å². The summed E-state index contributed by atoms with van der Waals surface area (Å²) in [4.78, 5) is 7.46. The molecule has 4 aromatic rings. The number of hydrogen-bond acceptors (Lipinski definition) is 8. The summed E-state index contributed by atoms with van der Waals surface area (Å²) in [6, 6.07) is 26.1. The van der Waals surface area contributed by atoms with Crippen molar-refractivity contribution in [1.29, 1.82) is 0 Å². The molecule has 1 fully saturated rings. The van der Waals surface area contributed by atoms with E-state index in [0.717, 1.165) is 55.3 Å². The van der Waals surface area contributed by atoms with Gasteiger partial charge < -0.3 is 30.5 Å². The molecule has 0 saturated carbocycles. The standard InChI is InChI=1S/C31H36N4O3S/c36-27-10-12-29(13-11-27)38-21-28(37)20-33-17-14-23-6-8-25(9-7-23)35(26-15-18-32-19-16-26)31-34-30(22-39-31)24-4-2-1-3-5-24/h1-13,22,26,28,32-33,36-37H,14-21H2/t28-/m0/s1. The lowest BCUT2D eigenvalue weighted by molar-refractivity contribution is 0.106. The normalized spacial score (nSPS) is 14.7. The SMILES string of the molecule is Oc1ccc(OC[C@@H](O)CNCCc2ccc(N(c3nc(-c4ccccc4)cs3)C3CCNCC3)cc2)cc1. The number of phenolic OH excluding ortho intramolecular Hbond substituents is 1. The molecule has 0 spiro atoms. The molecule has 0 amide bonds. The predicted molar refractivity (Wildman–Crippen MR) is 158 cm³/mol. The van der Waals surface area contributed by atoms with Gasteiger partial charge in [-0.3, -0.25) is 0 Å². The molecule has 0 aliphatic carbocycles. The van der Waals surface area contributed by atoms with Crippen molar-refractivity contribution in [2.24, 2.45) is 0 Å². The van der Waals surface area contributed by atoms with E-state index in [1.54, 1.807) is 35.6 Å². The van der Waals surface area contributed by atoms with Gasteiger partial charge >= 0.3 is 0 Å². The monoisotopic (exact) mass is 544 g/mol. The van der Waals surface area contributed by atoms with Crippen LogP contribution >= 0.6 is 11.3 Å². The van der Waals surface area contributed by atoms with Crippen molar-refractivity contribution < 1.29 is 14.9 Å². The molecular formula is C31H36N4O3S. The number of aliphatic hydroxyl groups excluding tert-OH is 1. The Labute approximate surface area is 234 Å². The van der Waals surface area contributed by atoms with Crippen LogP contribution in [0.2, 0.25) is 0 Å². The number of aliphatic hydroxyl groups is 1. The van der Waals surface area contributed by atoms with Gasteiger partial charge in [0.15, 0.2) is 5.13 Å². The lowest BCUT2D eigenvalue weighted by Gasteiger charge is -2.34. The Kier molecular flexibility index (Phi) is 9.45. The minimum atomic E-state index is -0.612. The Morgan fingerprint density at radius 3 is 2.49 bits per heavy atom. The molecule has 7 nitrogen and oxygen atoms in total. The summed E-state index contributed by atoms with van der Waals surface area (Å²) >= 11 is 1.71. The quantitative estimate of drug-likeness (QED) is 0.187. The van der Waals surface area contributed by atoms with Gasteiger partial charge in [-0.2, -0.15) is 0 Å². The minimum Gasteiger partial charge on any atom is -0.508 e. The highest BCUT2D eigenvalue weighted by Gasteiger charge is 2.25.